The fourth-order valence-corrected chi connectivity index (χ4v) is 1.98. The van der Waals surface area contributed by atoms with Gasteiger partial charge in [-0.1, -0.05) is 18.5 Å². The molecular weight excluding hydrogens is 274 g/mol. The maximum absolute atomic E-state index is 6.14. The molecule has 0 spiro atoms. The van der Waals surface area contributed by atoms with Gasteiger partial charge in [0.2, 0.25) is 0 Å². The molecule has 0 radical (unpaired) electrons. The van der Waals surface area contributed by atoms with E-state index < -0.39 is 0 Å². The number of rotatable bonds is 9. The molecule has 114 valence electrons. The molecule has 5 heteroatoms. The molecule has 0 aromatic carbocycles. The Balaban J connectivity index is 2.42. The first kappa shape index (κ1) is 17.2. The Morgan fingerprint density at radius 3 is 2.65 bits per heavy atom. The standard InChI is InChI=1S/C15H26ClN3O/c1-5-8-13-18-14(16)12(4)15(19-13)17-9-6-7-10-20-11(2)3/h11H,5-10H2,1-4H3,(H,17,18,19). The Morgan fingerprint density at radius 2 is 2.00 bits per heavy atom. The molecule has 1 aromatic heterocycles. The van der Waals surface area contributed by atoms with Crippen molar-refractivity contribution in [2.75, 3.05) is 18.5 Å². The molecule has 1 rings (SSSR count). The molecule has 0 amide bonds. The van der Waals surface area contributed by atoms with Gasteiger partial charge in [-0.05, 0) is 40.0 Å². The van der Waals surface area contributed by atoms with Gasteiger partial charge < -0.3 is 10.1 Å². The van der Waals surface area contributed by atoms with E-state index in [4.69, 9.17) is 16.3 Å². The molecule has 0 saturated heterocycles. The predicted molar refractivity (Wildman–Crippen MR) is 84.6 cm³/mol. The summed E-state index contributed by atoms with van der Waals surface area (Å²) in [5.41, 5.74) is 0.921. The van der Waals surface area contributed by atoms with Gasteiger partial charge >= 0.3 is 0 Å². The average Bonchev–Trinajstić information content (AvgIpc) is 2.39. The summed E-state index contributed by atoms with van der Waals surface area (Å²) in [6, 6.07) is 0. The molecule has 0 aliphatic carbocycles. The van der Waals surface area contributed by atoms with Crippen LogP contribution in [-0.4, -0.2) is 29.2 Å². The fraction of sp³-hybridized carbons (Fsp3) is 0.733. The highest BCUT2D eigenvalue weighted by Crippen LogP contribution is 2.20. The van der Waals surface area contributed by atoms with Crippen molar-refractivity contribution in [3.63, 3.8) is 0 Å². The minimum Gasteiger partial charge on any atom is -0.379 e. The van der Waals surface area contributed by atoms with Gasteiger partial charge in [0.15, 0.2) is 0 Å². The Kier molecular flexibility index (Phi) is 7.85. The monoisotopic (exact) mass is 299 g/mol. The smallest absolute Gasteiger partial charge is 0.137 e. The van der Waals surface area contributed by atoms with Crippen molar-refractivity contribution in [1.29, 1.82) is 0 Å². The second-order valence-corrected chi connectivity index (χ2v) is 5.57. The molecule has 0 saturated carbocycles. The van der Waals surface area contributed by atoms with E-state index in [-0.39, 0.29) is 0 Å². The van der Waals surface area contributed by atoms with Crippen molar-refractivity contribution >= 4 is 17.4 Å². The molecule has 1 aromatic rings. The highest BCUT2D eigenvalue weighted by atomic mass is 35.5. The van der Waals surface area contributed by atoms with Crippen LogP contribution in [0.25, 0.3) is 0 Å². The zero-order chi connectivity index (χ0) is 15.0. The number of nitrogens with zero attached hydrogens (tertiary/aromatic N) is 2. The minimum absolute atomic E-state index is 0.308. The Morgan fingerprint density at radius 1 is 1.25 bits per heavy atom. The van der Waals surface area contributed by atoms with Crippen molar-refractivity contribution in [3.05, 3.63) is 16.5 Å². The third kappa shape index (κ3) is 6.06. The van der Waals surface area contributed by atoms with Crippen LogP contribution in [0.3, 0.4) is 0 Å². The van der Waals surface area contributed by atoms with Gasteiger partial charge in [0, 0.05) is 25.1 Å². The third-order valence-electron chi connectivity index (χ3n) is 2.92. The average molecular weight is 300 g/mol. The van der Waals surface area contributed by atoms with E-state index >= 15 is 0 Å². The second-order valence-electron chi connectivity index (χ2n) is 5.21. The van der Waals surface area contributed by atoms with Crippen molar-refractivity contribution in [2.24, 2.45) is 0 Å². The maximum atomic E-state index is 6.14. The summed E-state index contributed by atoms with van der Waals surface area (Å²) in [6.45, 7) is 9.85. The van der Waals surface area contributed by atoms with Crippen LogP contribution in [0.5, 0.6) is 0 Å². The van der Waals surface area contributed by atoms with E-state index in [1.54, 1.807) is 0 Å². The van der Waals surface area contributed by atoms with Crippen LogP contribution in [0.4, 0.5) is 5.82 Å². The zero-order valence-electron chi connectivity index (χ0n) is 13.0. The number of aryl methyl sites for hydroxylation is 1. The van der Waals surface area contributed by atoms with E-state index in [0.717, 1.165) is 56.0 Å². The largest absolute Gasteiger partial charge is 0.379 e. The summed E-state index contributed by atoms with van der Waals surface area (Å²) in [4.78, 5) is 8.83. The summed E-state index contributed by atoms with van der Waals surface area (Å²) in [5.74, 6) is 1.67. The van der Waals surface area contributed by atoms with Gasteiger partial charge in [-0.2, -0.15) is 0 Å². The van der Waals surface area contributed by atoms with E-state index in [1.165, 1.54) is 0 Å². The van der Waals surface area contributed by atoms with Crippen LogP contribution in [0.1, 0.15) is 51.4 Å². The Hall–Kier alpha value is -0.870. The SMILES string of the molecule is CCCc1nc(Cl)c(C)c(NCCCCOC(C)C)n1. The predicted octanol–water partition coefficient (Wildman–Crippen LogP) is 4.01. The fourth-order valence-electron chi connectivity index (χ4n) is 1.79. The lowest BCUT2D eigenvalue weighted by molar-refractivity contribution is 0.0765. The first-order valence-corrected chi connectivity index (χ1v) is 7.80. The number of anilines is 1. The molecule has 20 heavy (non-hydrogen) atoms. The molecule has 4 nitrogen and oxygen atoms in total. The van der Waals surface area contributed by atoms with Crippen LogP contribution in [0, 0.1) is 6.92 Å². The lowest BCUT2D eigenvalue weighted by Crippen LogP contribution is -2.10. The summed E-state index contributed by atoms with van der Waals surface area (Å²) in [7, 11) is 0. The molecule has 0 aliphatic heterocycles. The van der Waals surface area contributed by atoms with Crippen LogP contribution in [0.15, 0.2) is 0 Å². The number of nitrogens with one attached hydrogen (secondary N) is 1. The number of hydrogen-bond donors (Lipinski definition) is 1. The Labute approximate surface area is 127 Å². The van der Waals surface area contributed by atoms with Crippen molar-refractivity contribution in [3.8, 4) is 0 Å². The number of ether oxygens (including phenoxy) is 1. The summed E-state index contributed by atoms with van der Waals surface area (Å²) < 4.78 is 5.51. The van der Waals surface area contributed by atoms with E-state index in [0.29, 0.717) is 11.3 Å². The molecule has 1 N–H and O–H groups in total. The molecule has 0 aliphatic rings. The van der Waals surface area contributed by atoms with Gasteiger partial charge in [-0.15, -0.1) is 0 Å². The van der Waals surface area contributed by atoms with Crippen molar-refractivity contribution in [2.45, 2.75) is 59.5 Å². The van der Waals surface area contributed by atoms with Gasteiger partial charge in [0.25, 0.3) is 0 Å². The number of hydrogen-bond acceptors (Lipinski definition) is 4. The lowest BCUT2D eigenvalue weighted by atomic mass is 10.2. The molecule has 0 atom stereocenters. The van der Waals surface area contributed by atoms with Gasteiger partial charge in [-0.3, -0.25) is 0 Å². The third-order valence-corrected chi connectivity index (χ3v) is 3.29. The molecular formula is C15H26ClN3O. The van der Waals surface area contributed by atoms with Gasteiger partial charge in [0.1, 0.15) is 16.8 Å². The van der Waals surface area contributed by atoms with Crippen LogP contribution >= 0.6 is 11.6 Å². The minimum atomic E-state index is 0.308. The number of unbranched alkanes of at least 4 members (excludes halogenated alkanes) is 1. The van der Waals surface area contributed by atoms with Crippen LogP contribution < -0.4 is 5.32 Å². The van der Waals surface area contributed by atoms with Crippen molar-refractivity contribution in [1.82, 2.24) is 9.97 Å². The van der Waals surface area contributed by atoms with Crippen LogP contribution in [0.2, 0.25) is 5.15 Å². The van der Waals surface area contributed by atoms with E-state index in [2.05, 4.69) is 36.1 Å². The van der Waals surface area contributed by atoms with Crippen LogP contribution in [-0.2, 0) is 11.2 Å². The molecule has 0 unspecified atom stereocenters. The first-order chi connectivity index (χ1) is 9.54. The molecule has 1 heterocycles. The number of halogens is 1. The Bertz CT molecular complexity index is 410. The summed E-state index contributed by atoms with van der Waals surface area (Å²) >= 11 is 6.14. The number of aromatic nitrogens is 2. The molecule has 0 bridgehead atoms. The van der Waals surface area contributed by atoms with Gasteiger partial charge in [-0.25, -0.2) is 9.97 Å². The summed E-state index contributed by atoms with van der Waals surface area (Å²) in [6.07, 6.45) is 4.28. The first-order valence-electron chi connectivity index (χ1n) is 7.43. The summed E-state index contributed by atoms with van der Waals surface area (Å²) in [5, 5.41) is 3.90. The van der Waals surface area contributed by atoms with Crippen molar-refractivity contribution < 1.29 is 4.74 Å². The maximum Gasteiger partial charge on any atom is 0.137 e. The van der Waals surface area contributed by atoms with E-state index in [9.17, 15) is 0 Å². The topological polar surface area (TPSA) is 47.0 Å². The highest BCUT2D eigenvalue weighted by Gasteiger charge is 2.08. The highest BCUT2D eigenvalue weighted by molar-refractivity contribution is 6.30. The van der Waals surface area contributed by atoms with Gasteiger partial charge in [0.05, 0.1) is 6.10 Å². The zero-order valence-corrected chi connectivity index (χ0v) is 13.8. The van der Waals surface area contributed by atoms with E-state index in [1.807, 2.05) is 6.92 Å². The quantitative estimate of drug-likeness (QED) is 0.553. The lowest BCUT2D eigenvalue weighted by Gasteiger charge is -2.11. The molecule has 0 fully saturated rings. The normalized spacial score (nSPS) is 11.1. The second kappa shape index (κ2) is 9.14.